The Bertz CT molecular complexity index is 1420. The van der Waals surface area contributed by atoms with Crippen LogP contribution in [0, 0.1) is 0 Å². The van der Waals surface area contributed by atoms with Gasteiger partial charge in [0, 0.05) is 51.3 Å². The van der Waals surface area contributed by atoms with Crippen molar-refractivity contribution in [2.75, 3.05) is 72.4 Å². The van der Waals surface area contributed by atoms with Crippen molar-refractivity contribution < 1.29 is 23.9 Å². The summed E-state index contributed by atoms with van der Waals surface area (Å²) in [4.78, 5) is 44.6. The molecule has 1 aliphatic heterocycles. The first kappa shape index (κ1) is 34.5. The Morgan fingerprint density at radius 3 is 2.17 bits per heavy atom. The summed E-state index contributed by atoms with van der Waals surface area (Å²) in [5.41, 5.74) is 2.44. The number of rotatable bonds is 16. The number of hydrogen-bond acceptors (Lipinski definition) is 7. The van der Waals surface area contributed by atoms with Crippen LogP contribution in [0.15, 0.2) is 72.8 Å². The molecular formula is C36H47N5O5. The predicted octanol–water partition coefficient (Wildman–Crippen LogP) is 4.52. The van der Waals surface area contributed by atoms with Crippen LogP contribution in [0.25, 0.3) is 0 Å². The summed E-state index contributed by atoms with van der Waals surface area (Å²) in [5.74, 6) is 0.916. The van der Waals surface area contributed by atoms with Gasteiger partial charge in [0.05, 0.1) is 17.9 Å². The molecular weight excluding hydrogens is 582 g/mol. The SMILES string of the molecule is CN(C)CCOc1ccccc1C(=O)NCc1ccc(C(=O)Nc2ccccc2OCCCCCC(=O)N2CCN(C)CC2)cc1. The maximum atomic E-state index is 13.0. The second-order valence-corrected chi connectivity index (χ2v) is 11.8. The summed E-state index contributed by atoms with van der Waals surface area (Å²) in [6.45, 7) is 5.54. The first-order valence-electron chi connectivity index (χ1n) is 16.0. The maximum absolute atomic E-state index is 13.0. The molecule has 3 aromatic carbocycles. The zero-order chi connectivity index (χ0) is 32.7. The minimum atomic E-state index is -0.252. The molecule has 0 saturated carbocycles. The Kier molecular flexibility index (Phi) is 13.4. The van der Waals surface area contributed by atoms with E-state index in [1.807, 2.05) is 72.4 Å². The molecule has 0 radical (unpaired) electrons. The maximum Gasteiger partial charge on any atom is 0.255 e. The fourth-order valence-electron chi connectivity index (χ4n) is 5.01. The van der Waals surface area contributed by atoms with E-state index in [4.69, 9.17) is 9.47 Å². The molecule has 0 spiro atoms. The standard InChI is InChI=1S/C36H47N5O5/c1-39(2)24-26-46-32-13-8-6-11-30(32)36(44)37-27-28-16-18-29(19-17-28)35(43)38-31-12-7-9-14-33(31)45-25-10-4-5-15-34(42)41-22-20-40(3)21-23-41/h6-9,11-14,16-19H,4-5,10,15,20-27H2,1-3H3,(H,37,44)(H,38,43). The highest BCUT2D eigenvalue weighted by Crippen LogP contribution is 2.25. The molecule has 0 unspecified atom stereocenters. The number of amides is 3. The van der Waals surface area contributed by atoms with E-state index in [2.05, 4.69) is 22.6 Å². The van der Waals surface area contributed by atoms with Crippen LogP contribution in [0.2, 0.25) is 0 Å². The average molecular weight is 630 g/mol. The molecule has 0 atom stereocenters. The summed E-state index contributed by atoms with van der Waals surface area (Å²) < 4.78 is 11.8. The molecule has 1 saturated heterocycles. The van der Waals surface area contributed by atoms with E-state index < -0.39 is 0 Å². The van der Waals surface area contributed by atoms with Crippen molar-refractivity contribution >= 4 is 23.4 Å². The van der Waals surface area contributed by atoms with Gasteiger partial charge in [0.25, 0.3) is 11.8 Å². The van der Waals surface area contributed by atoms with Gasteiger partial charge in [-0.3, -0.25) is 14.4 Å². The smallest absolute Gasteiger partial charge is 0.255 e. The molecule has 0 bridgehead atoms. The number of likely N-dealkylation sites (N-methyl/N-ethyl adjacent to an activating group) is 2. The van der Waals surface area contributed by atoms with E-state index in [1.165, 1.54) is 0 Å². The Labute approximate surface area is 272 Å². The molecule has 3 aromatic rings. The van der Waals surface area contributed by atoms with Crippen LogP contribution >= 0.6 is 0 Å². The number of nitrogens with one attached hydrogen (secondary N) is 2. The van der Waals surface area contributed by atoms with Crippen LogP contribution < -0.4 is 20.1 Å². The molecule has 0 aromatic heterocycles. The Morgan fingerprint density at radius 1 is 0.761 bits per heavy atom. The highest BCUT2D eigenvalue weighted by atomic mass is 16.5. The van der Waals surface area contributed by atoms with E-state index in [0.29, 0.717) is 54.5 Å². The number of para-hydroxylation sites is 3. The summed E-state index contributed by atoms with van der Waals surface area (Å²) in [6, 6.07) is 21.7. The number of unbranched alkanes of at least 4 members (excludes halogenated alkanes) is 2. The van der Waals surface area contributed by atoms with Gasteiger partial charge in [-0.1, -0.05) is 36.4 Å². The molecule has 1 fully saturated rings. The van der Waals surface area contributed by atoms with Crippen molar-refractivity contribution in [3.05, 3.63) is 89.5 Å². The van der Waals surface area contributed by atoms with Gasteiger partial charge in [-0.15, -0.1) is 0 Å². The van der Waals surface area contributed by atoms with E-state index in [1.54, 1.807) is 24.3 Å². The molecule has 0 aliphatic carbocycles. The topological polar surface area (TPSA) is 103 Å². The van der Waals surface area contributed by atoms with Crippen LogP contribution in [0.1, 0.15) is 52.0 Å². The van der Waals surface area contributed by atoms with Crippen molar-refractivity contribution in [3.8, 4) is 11.5 Å². The number of piperazine rings is 1. The molecule has 2 N–H and O–H groups in total. The van der Waals surface area contributed by atoms with Crippen molar-refractivity contribution in [3.63, 3.8) is 0 Å². The van der Waals surface area contributed by atoms with Gasteiger partial charge in [-0.2, -0.15) is 0 Å². The average Bonchev–Trinajstić information content (AvgIpc) is 3.06. The minimum absolute atomic E-state index is 0.224. The number of ether oxygens (including phenoxy) is 2. The van der Waals surface area contributed by atoms with Crippen LogP contribution in [0.4, 0.5) is 5.69 Å². The first-order valence-corrected chi connectivity index (χ1v) is 16.0. The van der Waals surface area contributed by atoms with Crippen LogP contribution in [-0.4, -0.2) is 99.5 Å². The van der Waals surface area contributed by atoms with E-state index in [0.717, 1.165) is 57.5 Å². The molecule has 10 heteroatoms. The first-order chi connectivity index (χ1) is 22.3. The lowest BCUT2D eigenvalue weighted by atomic mass is 10.1. The monoisotopic (exact) mass is 629 g/mol. The van der Waals surface area contributed by atoms with Crippen LogP contribution in [0.3, 0.4) is 0 Å². The van der Waals surface area contributed by atoms with Crippen molar-refractivity contribution in [2.24, 2.45) is 0 Å². The van der Waals surface area contributed by atoms with Crippen LogP contribution in [0.5, 0.6) is 11.5 Å². The van der Waals surface area contributed by atoms with Crippen molar-refractivity contribution in [2.45, 2.75) is 32.2 Å². The van der Waals surface area contributed by atoms with Gasteiger partial charge in [0.15, 0.2) is 0 Å². The Balaban J connectivity index is 1.20. The molecule has 3 amide bonds. The van der Waals surface area contributed by atoms with Gasteiger partial charge in [0.2, 0.25) is 5.91 Å². The highest BCUT2D eigenvalue weighted by Gasteiger charge is 2.18. The molecule has 1 aliphatic rings. The number of benzene rings is 3. The summed E-state index contributed by atoms with van der Waals surface area (Å²) in [7, 11) is 6.02. The third-order valence-corrected chi connectivity index (χ3v) is 7.88. The van der Waals surface area contributed by atoms with Crippen molar-refractivity contribution in [1.29, 1.82) is 0 Å². The second-order valence-electron chi connectivity index (χ2n) is 11.8. The van der Waals surface area contributed by atoms with E-state index in [9.17, 15) is 14.4 Å². The predicted molar refractivity (Wildman–Crippen MR) is 181 cm³/mol. The van der Waals surface area contributed by atoms with Crippen molar-refractivity contribution in [1.82, 2.24) is 20.0 Å². The number of carbonyl (C=O) groups is 3. The summed E-state index contributed by atoms with van der Waals surface area (Å²) in [5, 5.41) is 5.89. The fraction of sp³-hybridized carbons (Fsp3) is 0.417. The Hall–Kier alpha value is -4.41. The van der Waals surface area contributed by atoms with Gasteiger partial charge < -0.3 is 34.8 Å². The van der Waals surface area contributed by atoms with Gasteiger partial charge in [-0.25, -0.2) is 0 Å². The lowest BCUT2D eigenvalue weighted by Gasteiger charge is -2.32. The number of anilines is 1. The summed E-state index contributed by atoms with van der Waals surface area (Å²) in [6.07, 6.45) is 3.14. The number of carbonyl (C=O) groups excluding carboxylic acids is 3. The van der Waals surface area contributed by atoms with E-state index >= 15 is 0 Å². The molecule has 246 valence electrons. The van der Waals surface area contributed by atoms with E-state index in [-0.39, 0.29) is 17.7 Å². The third kappa shape index (κ3) is 10.9. The van der Waals surface area contributed by atoms with Gasteiger partial charge >= 0.3 is 0 Å². The second kappa shape index (κ2) is 17.9. The molecule has 4 rings (SSSR count). The van der Waals surface area contributed by atoms with Crippen LogP contribution in [-0.2, 0) is 11.3 Å². The number of nitrogens with zero attached hydrogens (tertiary/aromatic N) is 3. The summed E-state index contributed by atoms with van der Waals surface area (Å²) >= 11 is 0. The zero-order valence-corrected chi connectivity index (χ0v) is 27.3. The fourth-order valence-corrected chi connectivity index (χ4v) is 5.01. The minimum Gasteiger partial charge on any atom is -0.491 e. The molecule has 46 heavy (non-hydrogen) atoms. The normalized spacial score (nSPS) is 13.3. The highest BCUT2D eigenvalue weighted by molar-refractivity contribution is 6.05. The quantitative estimate of drug-likeness (QED) is 0.225. The molecule has 1 heterocycles. The Morgan fingerprint density at radius 2 is 1.43 bits per heavy atom. The lowest BCUT2D eigenvalue weighted by molar-refractivity contribution is -0.132. The largest absolute Gasteiger partial charge is 0.491 e. The van der Waals surface area contributed by atoms with Gasteiger partial charge in [-0.05, 0) is 82.4 Å². The zero-order valence-electron chi connectivity index (χ0n) is 27.3. The van der Waals surface area contributed by atoms with Gasteiger partial charge in [0.1, 0.15) is 18.1 Å². The third-order valence-electron chi connectivity index (χ3n) is 7.88. The number of hydrogen-bond donors (Lipinski definition) is 2. The lowest BCUT2D eigenvalue weighted by Crippen LogP contribution is -2.47. The molecule has 10 nitrogen and oxygen atoms in total.